The minimum Gasteiger partial charge on any atom is -0.356 e. The largest absolute Gasteiger partial charge is 0.356 e. The first-order valence-corrected chi connectivity index (χ1v) is 9.51. The number of rotatable bonds is 10. The second-order valence-electron chi connectivity index (χ2n) is 5.93. The van der Waals surface area contributed by atoms with Crippen LogP contribution in [0.1, 0.15) is 42.0 Å². The summed E-state index contributed by atoms with van der Waals surface area (Å²) in [5.41, 5.74) is 7.67. The second-order valence-corrected chi connectivity index (χ2v) is 7.22. The highest BCUT2D eigenvalue weighted by atomic mass is 32.1. The number of nitrogens with two attached hydrogens (primary N) is 1. The smallest absolute Gasteiger partial charge is 0.220 e. The molecule has 2 aromatic rings. The van der Waals surface area contributed by atoms with Crippen LogP contribution in [0.5, 0.6) is 0 Å². The summed E-state index contributed by atoms with van der Waals surface area (Å²) in [5.74, 6) is 0.138. The number of unbranched alkanes of at least 4 members (excludes halogenated alkanes) is 3. The molecule has 24 heavy (non-hydrogen) atoms. The third kappa shape index (κ3) is 6.06. The number of nitrogens with zero attached hydrogens (tertiary/aromatic N) is 1. The first-order chi connectivity index (χ1) is 11.7. The predicted molar refractivity (Wildman–Crippen MR) is 101 cm³/mol. The van der Waals surface area contributed by atoms with Crippen LogP contribution < -0.4 is 11.1 Å². The van der Waals surface area contributed by atoms with E-state index in [1.54, 1.807) is 11.3 Å². The molecular weight excluding hydrogens is 318 g/mol. The number of thiazole rings is 1. The Balaban J connectivity index is 1.72. The van der Waals surface area contributed by atoms with Crippen LogP contribution in [0.2, 0.25) is 0 Å². The minimum atomic E-state index is 0.138. The fourth-order valence-corrected chi connectivity index (χ4v) is 3.56. The summed E-state index contributed by atoms with van der Waals surface area (Å²) in [6.07, 6.45) is 5.59. The molecule has 0 fully saturated rings. The first kappa shape index (κ1) is 18.6. The van der Waals surface area contributed by atoms with E-state index in [1.807, 2.05) is 18.2 Å². The van der Waals surface area contributed by atoms with E-state index in [4.69, 9.17) is 10.7 Å². The molecular formula is C19H27N3OS. The Kier molecular flexibility index (Phi) is 7.92. The van der Waals surface area contributed by atoms with Gasteiger partial charge in [-0.2, -0.15) is 0 Å². The Morgan fingerprint density at radius 2 is 1.92 bits per heavy atom. The summed E-state index contributed by atoms with van der Waals surface area (Å²) >= 11 is 1.71. The van der Waals surface area contributed by atoms with Gasteiger partial charge in [-0.05, 0) is 26.3 Å². The number of carbonyl (C=O) groups is 1. The number of nitrogens with one attached hydrogen (secondary N) is 1. The molecule has 0 radical (unpaired) electrons. The topological polar surface area (TPSA) is 68.0 Å². The van der Waals surface area contributed by atoms with Crippen molar-refractivity contribution in [2.24, 2.45) is 5.73 Å². The zero-order chi connectivity index (χ0) is 17.2. The Labute approximate surface area is 148 Å². The van der Waals surface area contributed by atoms with Gasteiger partial charge in [-0.1, -0.05) is 43.2 Å². The molecule has 1 aromatic carbocycles. The lowest BCUT2D eigenvalue weighted by molar-refractivity contribution is -0.121. The molecule has 1 heterocycles. The Morgan fingerprint density at radius 1 is 1.17 bits per heavy atom. The van der Waals surface area contributed by atoms with Gasteiger partial charge in [0.05, 0.1) is 10.7 Å². The SMILES string of the molecule is Cc1sc(CCNC(=O)CCCCCCN)nc1-c1ccccc1. The fraction of sp³-hybridized carbons (Fsp3) is 0.474. The molecule has 0 aliphatic carbocycles. The van der Waals surface area contributed by atoms with Crippen molar-refractivity contribution in [3.63, 3.8) is 0 Å². The van der Waals surface area contributed by atoms with Gasteiger partial charge in [0, 0.05) is 29.8 Å². The molecule has 0 atom stereocenters. The van der Waals surface area contributed by atoms with Crippen molar-refractivity contribution in [2.75, 3.05) is 13.1 Å². The third-order valence-corrected chi connectivity index (χ3v) is 4.94. The second kappa shape index (κ2) is 10.2. The summed E-state index contributed by atoms with van der Waals surface area (Å²) in [5, 5.41) is 4.07. The lowest BCUT2D eigenvalue weighted by Crippen LogP contribution is -2.25. The van der Waals surface area contributed by atoms with Gasteiger partial charge < -0.3 is 11.1 Å². The quantitative estimate of drug-likeness (QED) is 0.645. The van der Waals surface area contributed by atoms with Crippen LogP contribution in [0.25, 0.3) is 11.3 Å². The van der Waals surface area contributed by atoms with Gasteiger partial charge in [0.2, 0.25) is 5.91 Å². The van der Waals surface area contributed by atoms with Gasteiger partial charge in [-0.15, -0.1) is 11.3 Å². The highest BCUT2D eigenvalue weighted by molar-refractivity contribution is 7.12. The molecule has 3 N–H and O–H groups in total. The van der Waals surface area contributed by atoms with Gasteiger partial charge >= 0.3 is 0 Å². The summed E-state index contributed by atoms with van der Waals surface area (Å²) in [4.78, 5) is 17.8. The molecule has 130 valence electrons. The van der Waals surface area contributed by atoms with Crippen molar-refractivity contribution >= 4 is 17.2 Å². The lowest BCUT2D eigenvalue weighted by atomic mass is 10.1. The molecule has 5 heteroatoms. The minimum absolute atomic E-state index is 0.138. The van der Waals surface area contributed by atoms with Crippen molar-refractivity contribution in [3.8, 4) is 11.3 Å². The molecule has 0 saturated heterocycles. The van der Waals surface area contributed by atoms with E-state index in [-0.39, 0.29) is 5.91 Å². The van der Waals surface area contributed by atoms with E-state index < -0.39 is 0 Å². The van der Waals surface area contributed by atoms with E-state index in [1.165, 1.54) is 4.88 Å². The van der Waals surface area contributed by atoms with Crippen molar-refractivity contribution in [1.29, 1.82) is 0 Å². The number of aromatic nitrogens is 1. The van der Waals surface area contributed by atoms with E-state index in [0.717, 1.165) is 54.9 Å². The molecule has 0 aliphatic rings. The molecule has 0 saturated carbocycles. The van der Waals surface area contributed by atoms with Gasteiger partial charge in [-0.3, -0.25) is 4.79 Å². The van der Waals surface area contributed by atoms with Crippen LogP contribution >= 0.6 is 11.3 Å². The molecule has 1 amide bonds. The molecule has 0 aliphatic heterocycles. The van der Waals surface area contributed by atoms with E-state index in [0.29, 0.717) is 13.0 Å². The summed E-state index contributed by atoms with van der Waals surface area (Å²) in [7, 11) is 0. The van der Waals surface area contributed by atoms with Crippen LogP contribution in [-0.4, -0.2) is 24.0 Å². The number of amides is 1. The standard InChI is InChI=1S/C19H27N3OS/c1-15-19(16-9-5-4-6-10-16)22-18(24-15)12-14-21-17(23)11-7-2-3-8-13-20/h4-6,9-10H,2-3,7-8,11-14,20H2,1H3,(H,21,23). The lowest BCUT2D eigenvalue weighted by Gasteiger charge is -2.04. The van der Waals surface area contributed by atoms with Gasteiger partial charge in [-0.25, -0.2) is 4.98 Å². The zero-order valence-corrected chi connectivity index (χ0v) is 15.2. The monoisotopic (exact) mass is 345 g/mol. The average Bonchev–Trinajstić information content (AvgIpc) is 2.96. The van der Waals surface area contributed by atoms with Crippen molar-refractivity contribution < 1.29 is 4.79 Å². The Hall–Kier alpha value is -1.72. The van der Waals surface area contributed by atoms with Gasteiger partial charge in [0.25, 0.3) is 0 Å². The molecule has 0 spiro atoms. The zero-order valence-electron chi connectivity index (χ0n) is 14.4. The maximum atomic E-state index is 11.8. The van der Waals surface area contributed by atoms with Crippen molar-refractivity contribution in [1.82, 2.24) is 10.3 Å². The van der Waals surface area contributed by atoms with Gasteiger partial charge in [0.1, 0.15) is 0 Å². The van der Waals surface area contributed by atoms with Crippen molar-refractivity contribution in [3.05, 3.63) is 40.2 Å². The Morgan fingerprint density at radius 3 is 2.67 bits per heavy atom. The highest BCUT2D eigenvalue weighted by Crippen LogP contribution is 2.27. The van der Waals surface area contributed by atoms with Crippen LogP contribution in [0.3, 0.4) is 0 Å². The number of hydrogen-bond acceptors (Lipinski definition) is 4. The highest BCUT2D eigenvalue weighted by Gasteiger charge is 2.09. The number of carbonyl (C=O) groups excluding carboxylic acids is 1. The number of hydrogen-bond donors (Lipinski definition) is 2. The van der Waals surface area contributed by atoms with Crippen LogP contribution in [0, 0.1) is 6.92 Å². The van der Waals surface area contributed by atoms with E-state index in [2.05, 4.69) is 24.4 Å². The third-order valence-electron chi connectivity index (χ3n) is 3.91. The predicted octanol–water partition coefficient (Wildman–Crippen LogP) is 3.69. The fourth-order valence-electron chi connectivity index (χ4n) is 2.60. The maximum absolute atomic E-state index is 11.8. The number of benzene rings is 1. The maximum Gasteiger partial charge on any atom is 0.220 e. The molecule has 0 bridgehead atoms. The average molecular weight is 346 g/mol. The number of aryl methyl sites for hydroxylation is 1. The molecule has 1 aromatic heterocycles. The summed E-state index contributed by atoms with van der Waals surface area (Å²) < 4.78 is 0. The Bertz CT molecular complexity index is 625. The van der Waals surface area contributed by atoms with E-state index >= 15 is 0 Å². The molecule has 4 nitrogen and oxygen atoms in total. The van der Waals surface area contributed by atoms with E-state index in [9.17, 15) is 4.79 Å². The van der Waals surface area contributed by atoms with Crippen LogP contribution in [-0.2, 0) is 11.2 Å². The van der Waals surface area contributed by atoms with Crippen LogP contribution in [0.4, 0.5) is 0 Å². The molecule has 0 unspecified atom stereocenters. The normalized spacial score (nSPS) is 10.8. The van der Waals surface area contributed by atoms with Gasteiger partial charge in [0.15, 0.2) is 0 Å². The molecule has 2 rings (SSSR count). The van der Waals surface area contributed by atoms with Crippen LogP contribution in [0.15, 0.2) is 30.3 Å². The summed E-state index contributed by atoms with van der Waals surface area (Å²) in [6, 6.07) is 10.2. The van der Waals surface area contributed by atoms with Crippen molar-refractivity contribution in [2.45, 2.75) is 45.4 Å². The first-order valence-electron chi connectivity index (χ1n) is 8.69. The summed E-state index contributed by atoms with van der Waals surface area (Å²) in [6.45, 7) is 3.50.